The summed E-state index contributed by atoms with van der Waals surface area (Å²) in [5.41, 5.74) is 0. The minimum atomic E-state index is 0.154. The molecule has 2 atom stereocenters. The molecule has 3 nitrogen and oxygen atoms in total. The molecule has 2 unspecified atom stereocenters. The second-order valence-corrected chi connectivity index (χ2v) is 4.05. The standard InChI is InChI=1S/C11H21NO2/c1-3-9(2)11(13)12-7-5-4-6-10-8-14-10/h9-10H,3-8H2,1-2H3,(H,12,13). The van der Waals surface area contributed by atoms with Crippen molar-refractivity contribution < 1.29 is 9.53 Å². The summed E-state index contributed by atoms with van der Waals surface area (Å²) >= 11 is 0. The summed E-state index contributed by atoms with van der Waals surface area (Å²) in [4.78, 5) is 11.3. The first-order chi connectivity index (χ1) is 6.74. The summed E-state index contributed by atoms with van der Waals surface area (Å²) in [5, 5.41) is 2.95. The van der Waals surface area contributed by atoms with Crippen molar-refractivity contribution in [3.63, 3.8) is 0 Å². The molecule has 0 aromatic rings. The van der Waals surface area contributed by atoms with E-state index in [0.717, 1.165) is 38.8 Å². The van der Waals surface area contributed by atoms with E-state index in [1.807, 2.05) is 13.8 Å². The molecule has 0 aromatic carbocycles. The number of epoxide rings is 1. The van der Waals surface area contributed by atoms with Crippen LogP contribution in [0.4, 0.5) is 0 Å². The van der Waals surface area contributed by atoms with Gasteiger partial charge in [-0.25, -0.2) is 0 Å². The molecule has 1 aliphatic heterocycles. The van der Waals surface area contributed by atoms with Crippen LogP contribution in [0.3, 0.4) is 0 Å². The van der Waals surface area contributed by atoms with E-state index in [-0.39, 0.29) is 11.8 Å². The van der Waals surface area contributed by atoms with Crippen molar-refractivity contribution in [1.82, 2.24) is 5.32 Å². The van der Waals surface area contributed by atoms with Crippen molar-refractivity contribution >= 4 is 5.91 Å². The molecule has 0 aromatic heterocycles. The first kappa shape index (κ1) is 11.5. The van der Waals surface area contributed by atoms with Gasteiger partial charge in [-0.15, -0.1) is 0 Å². The van der Waals surface area contributed by atoms with Gasteiger partial charge in [0.1, 0.15) is 0 Å². The third-order valence-electron chi connectivity index (χ3n) is 2.71. The van der Waals surface area contributed by atoms with E-state index in [9.17, 15) is 4.79 Å². The first-order valence-electron chi connectivity index (χ1n) is 5.63. The van der Waals surface area contributed by atoms with E-state index in [1.54, 1.807) is 0 Å². The Morgan fingerprint density at radius 3 is 2.86 bits per heavy atom. The van der Waals surface area contributed by atoms with Gasteiger partial charge in [-0.2, -0.15) is 0 Å². The van der Waals surface area contributed by atoms with Crippen molar-refractivity contribution in [1.29, 1.82) is 0 Å². The summed E-state index contributed by atoms with van der Waals surface area (Å²) in [6.45, 7) is 5.76. The predicted molar refractivity (Wildman–Crippen MR) is 56.1 cm³/mol. The summed E-state index contributed by atoms with van der Waals surface area (Å²) in [6, 6.07) is 0. The van der Waals surface area contributed by atoms with Gasteiger partial charge in [0, 0.05) is 12.5 Å². The zero-order chi connectivity index (χ0) is 10.4. The van der Waals surface area contributed by atoms with Crippen LogP contribution in [-0.4, -0.2) is 25.2 Å². The highest BCUT2D eigenvalue weighted by molar-refractivity contribution is 5.78. The van der Waals surface area contributed by atoms with Crippen molar-refractivity contribution in [3.8, 4) is 0 Å². The van der Waals surface area contributed by atoms with Crippen LogP contribution >= 0.6 is 0 Å². The number of amides is 1. The topological polar surface area (TPSA) is 41.6 Å². The molecular weight excluding hydrogens is 178 g/mol. The van der Waals surface area contributed by atoms with Crippen molar-refractivity contribution in [3.05, 3.63) is 0 Å². The Balaban J connectivity index is 1.88. The Hall–Kier alpha value is -0.570. The summed E-state index contributed by atoms with van der Waals surface area (Å²) in [6.07, 6.45) is 4.83. The number of nitrogens with one attached hydrogen (secondary N) is 1. The molecule has 0 saturated carbocycles. The second kappa shape index (κ2) is 6.02. The Bertz CT molecular complexity index is 178. The molecule has 14 heavy (non-hydrogen) atoms. The van der Waals surface area contributed by atoms with E-state index in [2.05, 4.69) is 5.32 Å². The van der Waals surface area contributed by atoms with Gasteiger partial charge in [0.25, 0.3) is 0 Å². The number of unbranched alkanes of at least 4 members (excludes halogenated alkanes) is 1. The monoisotopic (exact) mass is 199 g/mol. The van der Waals surface area contributed by atoms with Gasteiger partial charge < -0.3 is 10.1 Å². The van der Waals surface area contributed by atoms with E-state index in [1.165, 1.54) is 0 Å². The van der Waals surface area contributed by atoms with Gasteiger partial charge >= 0.3 is 0 Å². The molecule has 82 valence electrons. The highest BCUT2D eigenvalue weighted by atomic mass is 16.6. The smallest absolute Gasteiger partial charge is 0.222 e. The first-order valence-corrected chi connectivity index (χ1v) is 5.63. The van der Waals surface area contributed by atoms with Gasteiger partial charge in [0.15, 0.2) is 0 Å². The Morgan fingerprint density at radius 1 is 1.57 bits per heavy atom. The number of carbonyl (C=O) groups excluding carboxylic acids is 1. The minimum Gasteiger partial charge on any atom is -0.373 e. The molecule has 0 spiro atoms. The molecule has 0 aliphatic carbocycles. The van der Waals surface area contributed by atoms with Gasteiger partial charge in [-0.3, -0.25) is 4.79 Å². The molecule has 0 bridgehead atoms. The molecule has 0 radical (unpaired) electrons. The molecule has 1 heterocycles. The zero-order valence-corrected chi connectivity index (χ0v) is 9.21. The molecule has 1 saturated heterocycles. The molecule has 1 amide bonds. The quantitative estimate of drug-likeness (QED) is 0.501. The van der Waals surface area contributed by atoms with E-state index < -0.39 is 0 Å². The number of ether oxygens (including phenoxy) is 1. The third-order valence-corrected chi connectivity index (χ3v) is 2.71. The minimum absolute atomic E-state index is 0.154. The van der Waals surface area contributed by atoms with Crippen LogP contribution in [0, 0.1) is 5.92 Å². The number of hydrogen-bond donors (Lipinski definition) is 1. The summed E-state index contributed by atoms with van der Waals surface area (Å²) in [7, 11) is 0. The van der Waals surface area contributed by atoms with Gasteiger partial charge in [0.2, 0.25) is 5.91 Å². The van der Waals surface area contributed by atoms with Gasteiger partial charge in [-0.1, -0.05) is 13.8 Å². The fourth-order valence-corrected chi connectivity index (χ4v) is 1.30. The highest BCUT2D eigenvalue weighted by Gasteiger charge is 2.20. The van der Waals surface area contributed by atoms with Crippen LogP contribution in [0.2, 0.25) is 0 Å². The molecule has 3 heteroatoms. The largest absolute Gasteiger partial charge is 0.373 e. The number of carbonyl (C=O) groups is 1. The second-order valence-electron chi connectivity index (χ2n) is 4.05. The van der Waals surface area contributed by atoms with E-state index >= 15 is 0 Å². The van der Waals surface area contributed by atoms with Crippen molar-refractivity contribution in [2.45, 2.75) is 45.6 Å². The Morgan fingerprint density at radius 2 is 2.29 bits per heavy atom. The Kier molecular flexibility index (Phi) is 4.94. The lowest BCUT2D eigenvalue weighted by Crippen LogP contribution is -2.29. The van der Waals surface area contributed by atoms with Crippen LogP contribution < -0.4 is 5.32 Å². The number of rotatable bonds is 7. The van der Waals surface area contributed by atoms with Gasteiger partial charge in [0.05, 0.1) is 12.7 Å². The SMILES string of the molecule is CCC(C)C(=O)NCCCCC1CO1. The van der Waals surface area contributed by atoms with Crippen LogP contribution in [0.5, 0.6) is 0 Å². The van der Waals surface area contributed by atoms with Crippen LogP contribution in [-0.2, 0) is 9.53 Å². The number of hydrogen-bond acceptors (Lipinski definition) is 2. The lowest BCUT2D eigenvalue weighted by atomic mass is 10.1. The van der Waals surface area contributed by atoms with Gasteiger partial charge in [-0.05, 0) is 25.7 Å². The van der Waals surface area contributed by atoms with Crippen LogP contribution in [0.1, 0.15) is 39.5 Å². The van der Waals surface area contributed by atoms with Crippen molar-refractivity contribution in [2.24, 2.45) is 5.92 Å². The normalized spacial score (nSPS) is 21.7. The summed E-state index contributed by atoms with van der Waals surface area (Å²) < 4.78 is 5.10. The molecular formula is C11H21NO2. The molecule has 1 aliphatic rings. The highest BCUT2D eigenvalue weighted by Crippen LogP contribution is 2.15. The zero-order valence-electron chi connectivity index (χ0n) is 9.21. The third kappa shape index (κ3) is 4.61. The maximum absolute atomic E-state index is 11.3. The lowest BCUT2D eigenvalue weighted by molar-refractivity contribution is -0.124. The van der Waals surface area contributed by atoms with E-state index in [0.29, 0.717) is 6.10 Å². The maximum atomic E-state index is 11.3. The predicted octanol–water partition coefficient (Wildman–Crippen LogP) is 1.72. The molecule has 1 fully saturated rings. The maximum Gasteiger partial charge on any atom is 0.222 e. The summed E-state index contributed by atoms with van der Waals surface area (Å²) in [5.74, 6) is 0.344. The fraction of sp³-hybridized carbons (Fsp3) is 0.909. The fourth-order valence-electron chi connectivity index (χ4n) is 1.30. The van der Waals surface area contributed by atoms with E-state index in [4.69, 9.17) is 4.74 Å². The van der Waals surface area contributed by atoms with Crippen LogP contribution in [0.25, 0.3) is 0 Å². The average molecular weight is 199 g/mol. The Labute approximate surface area is 86.2 Å². The molecule has 1 N–H and O–H groups in total. The van der Waals surface area contributed by atoms with Crippen molar-refractivity contribution in [2.75, 3.05) is 13.2 Å². The molecule has 1 rings (SSSR count). The van der Waals surface area contributed by atoms with Crippen LogP contribution in [0.15, 0.2) is 0 Å². The lowest BCUT2D eigenvalue weighted by Gasteiger charge is -2.09. The average Bonchev–Trinajstić information content (AvgIpc) is 2.99.